The second-order valence-corrected chi connectivity index (χ2v) is 7.53. The lowest BCUT2D eigenvalue weighted by atomic mass is 10.2. The van der Waals surface area contributed by atoms with Crippen LogP contribution in [0, 0.1) is 12.8 Å². The van der Waals surface area contributed by atoms with E-state index in [0.717, 1.165) is 5.56 Å². The summed E-state index contributed by atoms with van der Waals surface area (Å²) in [6.07, 6.45) is 1.39. The van der Waals surface area contributed by atoms with Crippen molar-refractivity contribution in [1.82, 2.24) is 10.7 Å². The number of rotatable bonds is 8. The fourth-order valence-corrected chi connectivity index (χ4v) is 2.50. The Hall–Kier alpha value is -3.39. The molecule has 0 aliphatic rings. The van der Waals surface area contributed by atoms with Crippen molar-refractivity contribution in [2.75, 3.05) is 18.5 Å². The van der Waals surface area contributed by atoms with Crippen molar-refractivity contribution in [3.63, 3.8) is 0 Å². The molecule has 0 spiro atoms. The number of ether oxygens (including phenoxy) is 1. The van der Waals surface area contributed by atoms with E-state index in [1.165, 1.54) is 6.21 Å². The number of halogens is 1. The molecule has 2 rings (SSSR count). The summed E-state index contributed by atoms with van der Waals surface area (Å²) in [4.78, 5) is 35.3. The second-order valence-electron chi connectivity index (χ2n) is 7.12. The van der Waals surface area contributed by atoms with Gasteiger partial charge in [0.2, 0.25) is 0 Å². The van der Waals surface area contributed by atoms with Crippen LogP contribution in [-0.2, 0) is 14.4 Å². The first-order chi connectivity index (χ1) is 14.8. The Morgan fingerprint density at radius 1 is 1.10 bits per heavy atom. The van der Waals surface area contributed by atoms with Crippen LogP contribution in [0.5, 0.6) is 5.75 Å². The van der Waals surface area contributed by atoms with Gasteiger partial charge in [-0.15, -0.1) is 0 Å². The Bertz CT molecular complexity index is 958. The molecule has 0 saturated heterocycles. The molecule has 0 fully saturated rings. The van der Waals surface area contributed by atoms with Crippen molar-refractivity contribution in [1.29, 1.82) is 0 Å². The lowest BCUT2D eigenvalue weighted by Crippen LogP contribution is -2.39. The zero-order valence-corrected chi connectivity index (χ0v) is 18.3. The van der Waals surface area contributed by atoms with Gasteiger partial charge in [0, 0.05) is 17.3 Å². The summed E-state index contributed by atoms with van der Waals surface area (Å²) in [6.45, 7) is 5.92. The fraction of sp³-hybridized carbons (Fsp3) is 0.273. The van der Waals surface area contributed by atoms with E-state index in [2.05, 4.69) is 21.2 Å². The molecule has 0 radical (unpaired) electrons. The van der Waals surface area contributed by atoms with Gasteiger partial charge in [0.15, 0.2) is 6.61 Å². The third-order valence-electron chi connectivity index (χ3n) is 4.05. The van der Waals surface area contributed by atoms with Crippen molar-refractivity contribution in [2.24, 2.45) is 11.0 Å². The van der Waals surface area contributed by atoms with Crippen LogP contribution in [0.3, 0.4) is 0 Å². The average Bonchev–Trinajstić information content (AvgIpc) is 2.74. The summed E-state index contributed by atoms with van der Waals surface area (Å²) >= 11 is 6.04. The molecular formula is C22H25ClN4O4. The summed E-state index contributed by atoms with van der Waals surface area (Å²) in [5.41, 5.74) is 4.26. The van der Waals surface area contributed by atoms with Crippen LogP contribution in [0.4, 0.5) is 5.69 Å². The number of benzene rings is 2. The van der Waals surface area contributed by atoms with Crippen LogP contribution in [0.15, 0.2) is 47.6 Å². The van der Waals surface area contributed by atoms with E-state index in [1.807, 2.05) is 20.8 Å². The molecule has 0 saturated carbocycles. The highest BCUT2D eigenvalue weighted by Crippen LogP contribution is 2.22. The van der Waals surface area contributed by atoms with Gasteiger partial charge in [-0.05, 0) is 60.4 Å². The molecule has 0 aliphatic carbocycles. The standard InChI is InChI=1S/C22H25ClN4O4/c1-14(2)11-24-21(29)22(30)27-25-12-16-7-9-17(10-8-16)31-13-20(28)26-19-6-4-5-18(23)15(19)3/h4-10,12,14H,11,13H2,1-3H3,(H,24,29)(H,26,28)(H,27,30)/b25-12-. The van der Waals surface area contributed by atoms with Crippen LogP contribution >= 0.6 is 11.6 Å². The zero-order chi connectivity index (χ0) is 22.8. The molecule has 8 nitrogen and oxygen atoms in total. The third-order valence-corrected chi connectivity index (χ3v) is 4.46. The summed E-state index contributed by atoms with van der Waals surface area (Å²) < 4.78 is 5.47. The molecule has 3 amide bonds. The number of carbonyl (C=O) groups is 3. The Morgan fingerprint density at radius 3 is 2.48 bits per heavy atom. The van der Waals surface area contributed by atoms with Gasteiger partial charge in [0.1, 0.15) is 5.75 Å². The maximum Gasteiger partial charge on any atom is 0.329 e. The summed E-state index contributed by atoms with van der Waals surface area (Å²) in [7, 11) is 0. The van der Waals surface area contributed by atoms with E-state index in [0.29, 0.717) is 28.6 Å². The highest BCUT2D eigenvalue weighted by Gasteiger charge is 2.12. The summed E-state index contributed by atoms with van der Waals surface area (Å²) in [5, 5.41) is 9.58. The average molecular weight is 445 g/mol. The molecule has 0 aromatic heterocycles. The molecule has 0 unspecified atom stereocenters. The lowest BCUT2D eigenvalue weighted by molar-refractivity contribution is -0.139. The molecule has 2 aromatic carbocycles. The summed E-state index contributed by atoms with van der Waals surface area (Å²) in [5.74, 6) is -1.15. The first-order valence-electron chi connectivity index (χ1n) is 9.65. The number of hydrogen-bond acceptors (Lipinski definition) is 5. The summed E-state index contributed by atoms with van der Waals surface area (Å²) in [6, 6.07) is 12.0. The van der Waals surface area contributed by atoms with Gasteiger partial charge in [-0.25, -0.2) is 5.43 Å². The van der Waals surface area contributed by atoms with Crippen molar-refractivity contribution in [2.45, 2.75) is 20.8 Å². The molecule has 0 aliphatic heterocycles. The zero-order valence-electron chi connectivity index (χ0n) is 17.6. The van der Waals surface area contributed by atoms with Gasteiger partial charge in [-0.2, -0.15) is 5.10 Å². The lowest BCUT2D eigenvalue weighted by Gasteiger charge is -2.10. The first-order valence-corrected chi connectivity index (χ1v) is 10.0. The normalized spacial score (nSPS) is 10.7. The van der Waals surface area contributed by atoms with E-state index in [9.17, 15) is 14.4 Å². The highest BCUT2D eigenvalue weighted by molar-refractivity contribution is 6.35. The Balaban J connectivity index is 1.79. The van der Waals surface area contributed by atoms with Crippen LogP contribution in [-0.4, -0.2) is 37.1 Å². The Kier molecular flexibility index (Phi) is 9.02. The van der Waals surface area contributed by atoms with Crippen molar-refractivity contribution in [3.8, 4) is 5.75 Å². The fourth-order valence-electron chi connectivity index (χ4n) is 2.32. The minimum Gasteiger partial charge on any atom is -0.484 e. The van der Waals surface area contributed by atoms with Gasteiger partial charge in [-0.3, -0.25) is 14.4 Å². The van der Waals surface area contributed by atoms with Crippen LogP contribution < -0.4 is 20.8 Å². The molecule has 0 heterocycles. The molecule has 3 N–H and O–H groups in total. The number of nitrogens with one attached hydrogen (secondary N) is 3. The van der Waals surface area contributed by atoms with E-state index < -0.39 is 11.8 Å². The monoisotopic (exact) mass is 444 g/mol. The largest absolute Gasteiger partial charge is 0.484 e. The van der Waals surface area contributed by atoms with Gasteiger partial charge in [0.25, 0.3) is 5.91 Å². The minimum absolute atomic E-state index is 0.166. The smallest absolute Gasteiger partial charge is 0.329 e. The Morgan fingerprint density at radius 2 is 1.81 bits per heavy atom. The topological polar surface area (TPSA) is 109 Å². The molecule has 2 aromatic rings. The Labute approximate surface area is 186 Å². The number of hydrogen-bond donors (Lipinski definition) is 3. The predicted molar refractivity (Wildman–Crippen MR) is 120 cm³/mol. The van der Waals surface area contributed by atoms with Crippen molar-refractivity contribution in [3.05, 3.63) is 58.6 Å². The number of amides is 3. The molecule has 9 heteroatoms. The van der Waals surface area contributed by atoms with E-state index >= 15 is 0 Å². The maximum absolute atomic E-state index is 12.1. The molecule has 0 atom stereocenters. The predicted octanol–water partition coefficient (Wildman–Crippen LogP) is 2.89. The number of hydrazone groups is 1. The van der Waals surface area contributed by atoms with E-state index in [-0.39, 0.29) is 18.4 Å². The van der Waals surface area contributed by atoms with Gasteiger partial charge < -0.3 is 15.4 Å². The maximum atomic E-state index is 12.1. The van der Waals surface area contributed by atoms with Crippen LogP contribution in [0.25, 0.3) is 0 Å². The van der Waals surface area contributed by atoms with Crippen LogP contribution in [0.2, 0.25) is 5.02 Å². The van der Waals surface area contributed by atoms with E-state index in [4.69, 9.17) is 16.3 Å². The molecular weight excluding hydrogens is 420 g/mol. The van der Waals surface area contributed by atoms with Gasteiger partial charge in [0.05, 0.1) is 6.21 Å². The van der Waals surface area contributed by atoms with E-state index in [1.54, 1.807) is 42.5 Å². The number of nitrogens with zero attached hydrogens (tertiary/aromatic N) is 1. The molecule has 0 bridgehead atoms. The second kappa shape index (κ2) is 11.7. The molecule has 164 valence electrons. The quantitative estimate of drug-likeness (QED) is 0.330. The van der Waals surface area contributed by atoms with Gasteiger partial charge in [-0.1, -0.05) is 31.5 Å². The van der Waals surface area contributed by atoms with Crippen molar-refractivity contribution >= 4 is 41.2 Å². The number of anilines is 1. The van der Waals surface area contributed by atoms with Crippen LogP contribution in [0.1, 0.15) is 25.0 Å². The van der Waals surface area contributed by atoms with Crippen molar-refractivity contribution < 1.29 is 19.1 Å². The highest BCUT2D eigenvalue weighted by atomic mass is 35.5. The minimum atomic E-state index is -0.835. The molecule has 31 heavy (non-hydrogen) atoms. The SMILES string of the molecule is Cc1c(Cl)cccc1NC(=O)COc1ccc(/C=N\NC(=O)C(=O)NCC(C)C)cc1. The first kappa shape index (κ1) is 23.9. The third kappa shape index (κ3) is 8.10. The number of carbonyl (C=O) groups excluding carboxylic acids is 3. The van der Waals surface area contributed by atoms with Gasteiger partial charge >= 0.3 is 11.8 Å².